The standard InChI is InChI=1S/C15H8F3N3O5/c16-15(17,18)8-2-1-3-9(6-8)20-14(23)11(13(22)19-20)7-10-4-5-12(26-10)21(24)25/h1-7H,(H,19,22)/b11-7+. The number of alkyl halides is 3. The molecule has 0 spiro atoms. The fourth-order valence-corrected chi connectivity index (χ4v) is 2.22. The van der Waals surface area contributed by atoms with Gasteiger partial charge in [-0.3, -0.25) is 25.1 Å². The highest BCUT2D eigenvalue weighted by Crippen LogP contribution is 2.32. The Bertz CT molecular complexity index is 948. The number of carbonyl (C=O) groups is 2. The van der Waals surface area contributed by atoms with E-state index in [0.717, 1.165) is 24.3 Å². The van der Waals surface area contributed by atoms with E-state index < -0.39 is 39.9 Å². The number of rotatable bonds is 3. The van der Waals surface area contributed by atoms with Gasteiger partial charge in [0, 0.05) is 0 Å². The fraction of sp³-hybridized carbons (Fsp3) is 0.0667. The fourth-order valence-electron chi connectivity index (χ4n) is 2.22. The van der Waals surface area contributed by atoms with Crippen LogP contribution in [0.1, 0.15) is 11.3 Å². The van der Waals surface area contributed by atoms with Crippen molar-refractivity contribution in [2.75, 3.05) is 5.01 Å². The zero-order valence-corrected chi connectivity index (χ0v) is 12.6. The number of nitro groups is 1. The highest BCUT2D eigenvalue weighted by Gasteiger charge is 2.37. The molecular formula is C15H8F3N3O5. The number of benzene rings is 1. The smallest absolute Gasteiger partial charge is 0.401 e. The van der Waals surface area contributed by atoms with Crippen LogP contribution in [-0.4, -0.2) is 16.7 Å². The highest BCUT2D eigenvalue weighted by atomic mass is 19.4. The first kappa shape index (κ1) is 17.2. The molecule has 1 aliphatic heterocycles. The largest absolute Gasteiger partial charge is 0.433 e. The van der Waals surface area contributed by atoms with Gasteiger partial charge < -0.3 is 4.42 Å². The van der Waals surface area contributed by atoms with E-state index in [0.29, 0.717) is 11.1 Å². The summed E-state index contributed by atoms with van der Waals surface area (Å²) in [6.45, 7) is 0. The first-order valence-corrected chi connectivity index (χ1v) is 6.95. The van der Waals surface area contributed by atoms with Crippen molar-refractivity contribution >= 4 is 29.5 Å². The summed E-state index contributed by atoms with van der Waals surface area (Å²) in [6.07, 6.45) is -3.65. The van der Waals surface area contributed by atoms with Gasteiger partial charge in [-0.05, 0) is 30.3 Å². The molecule has 134 valence electrons. The third-order valence-electron chi connectivity index (χ3n) is 3.40. The predicted octanol–water partition coefficient (Wildman–Crippen LogP) is 2.67. The normalized spacial score (nSPS) is 16.3. The molecule has 1 saturated heterocycles. The minimum Gasteiger partial charge on any atom is -0.401 e. The maximum absolute atomic E-state index is 12.8. The number of anilines is 1. The van der Waals surface area contributed by atoms with Crippen LogP contribution in [-0.2, 0) is 15.8 Å². The Kier molecular flexibility index (Phi) is 3.98. The van der Waals surface area contributed by atoms with Crippen molar-refractivity contribution in [3.8, 4) is 0 Å². The van der Waals surface area contributed by atoms with E-state index in [9.17, 15) is 32.9 Å². The molecule has 8 nitrogen and oxygen atoms in total. The Morgan fingerprint density at radius 2 is 1.92 bits per heavy atom. The second-order valence-electron chi connectivity index (χ2n) is 5.12. The van der Waals surface area contributed by atoms with Gasteiger partial charge in [0.05, 0.1) is 17.3 Å². The van der Waals surface area contributed by atoms with Crippen LogP contribution < -0.4 is 10.4 Å². The second-order valence-corrected chi connectivity index (χ2v) is 5.12. The van der Waals surface area contributed by atoms with Gasteiger partial charge in [0.25, 0.3) is 11.8 Å². The predicted molar refractivity (Wildman–Crippen MR) is 80.4 cm³/mol. The molecule has 0 saturated carbocycles. The Morgan fingerprint density at radius 1 is 1.19 bits per heavy atom. The Morgan fingerprint density at radius 3 is 2.54 bits per heavy atom. The maximum Gasteiger partial charge on any atom is 0.433 e. The third kappa shape index (κ3) is 3.14. The van der Waals surface area contributed by atoms with E-state index in [-0.39, 0.29) is 11.4 Å². The quantitative estimate of drug-likeness (QED) is 0.389. The second kappa shape index (κ2) is 6.02. The van der Waals surface area contributed by atoms with E-state index in [1.807, 2.05) is 0 Å². The van der Waals surface area contributed by atoms with Crippen molar-refractivity contribution in [3.05, 3.63) is 63.4 Å². The molecule has 2 heterocycles. The molecular weight excluding hydrogens is 359 g/mol. The van der Waals surface area contributed by atoms with Gasteiger partial charge in [-0.2, -0.15) is 13.2 Å². The first-order valence-electron chi connectivity index (χ1n) is 6.95. The molecule has 1 aromatic heterocycles. The number of hydrogen-bond acceptors (Lipinski definition) is 5. The summed E-state index contributed by atoms with van der Waals surface area (Å²) in [5.74, 6) is -2.52. The lowest BCUT2D eigenvalue weighted by atomic mass is 10.1. The van der Waals surface area contributed by atoms with Crippen LogP contribution in [0.25, 0.3) is 6.08 Å². The average Bonchev–Trinajstić information content (AvgIpc) is 3.15. The van der Waals surface area contributed by atoms with Gasteiger partial charge in [0.1, 0.15) is 16.3 Å². The number of nitrogens with one attached hydrogen (secondary N) is 1. The number of furan rings is 1. The van der Waals surface area contributed by atoms with Crippen molar-refractivity contribution in [1.82, 2.24) is 5.43 Å². The molecule has 2 aromatic rings. The van der Waals surface area contributed by atoms with E-state index >= 15 is 0 Å². The van der Waals surface area contributed by atoms with Crippen LogP contribution in [0.3, 0.4) is 0 Å². The lowest BCUT2D eigenvalue weighted by Crippen LogP contribution is -2.35. The Labute approximate surface area is 142 Å². The number of halogens is 3. The van der Waals surface area contributed by atoms with Gasteiger partial charge in [0.2, 0.25) is 0 Å². The van der Waals surface area contributed by atoms with Crippen molar-refractivity contribution < 1.29 is 32.1 Å². The lowest BCUT2D eigenvalue weighted by molar-refractivity contribution is -0.402. The SMILES string of the molecule is O=C1NN(c2cccc(C(F)(F)F)c2)C(=O)/C1=C/c1ccc([N+](=O)[O-])o1. The summed E-state index contributed by atoms with van der Waals surface area (Å²) in [4.78, 5) is 34.1. The van der Waals surface area contributed by atoms with Gasteiger partial charge in [-0.1, -0.05) is 6.07 Å². The van der Waals surface area contributed by atoms with Crippen molar-refractivity contribution in [3.63, 3.8) is 0 Å². The number of hydrazine groups is 1. The van der Waals surface area contributed by atoms with Gasteiger partial charge in [-0.25, -0.2) is 5.01 Å². The molecule has 0 bridgehead atoms. The van der Waals surface area contributed by atoms with E-state index in [4.69, 9.17) is 4.42 Å². The van der Waals surface area contributed by atoms with Gasteiger partial charge >= 0.3 is 12.1 Å². The zero-order chi connectivity index (χ0) is 19.1. The molecule has 1 fully saturated rings. The molecule has 1 N–H and O–H groups in total. The summed E-state index contributed by atoms with van der Waals surface area (Å²) in [5.41, 5.74) is 0.516. The number of nitrogens with zero attached hydrogens (tertiary/aromatic N) is 2. The van der Waals surface area contributed by atoms with Crippen LogP contribution in [0, 0.1) is 10.1 Å². The van der Waals surface area contributed by atoms with Crippen LogP contribution in [0.2, 0.25) is 0 Å². The molecule has 3 rings (SSSR count). The molecule has 26 heavy (non-hydrogen) atoms. The topological polar surface area (TPSA) is 106 Å². The third-order valence-corrected chi connectivity index (χ3v) is 3.40. The molecule has 0 atom stereocenters. The Balaban J connectivity index is 1.92. The summed E-state index contributed by atoms with van der Waals surface area (Å²) in [5, 5.41) is 11.2. The van der Waals surface area contributed by atoms with Crippen LogP contribution in [0.4, 0.5) is 24.7 Å². The molecule has 0 radical (unpaired) electrons. The lowest BCUT2D eigenvalue weighted by Gasteiger charge is -2.16. The van der Waals surface area contributed by atoms with Crippen LogP contribution >= 0.6 is 0 Å². The average molecular weight is 367 g/mol. The Hall–Kier alpha value is -3.63. The molecule has 0 unspecified atom stereocenters. The zero-order valence-electron chi connectivity index (χ0n) is 12.6. The van der Waals surface area contributed by atoms with Crippen molar-refractivity contribution in [1.29, 1.82) is 0 Å². The maximum atomic E-state index is 12.8. The monoisotopic (exact) mass is 367 g/mol. The minimum absolute atomic E-state index is 0.124. The summed E-state index contributed by atoms with van der Waals surface area (Å²) in [6, 6.07) is 6.06. The van der Waals surface area contributed by atoms with E-state index in [1.165, 1.54) is 12.1 Å². The molecule has 11 heteroatoms. The number of amides is 2. The molecule has 0 aliphatic carbocycles. The highest BCUT2D eigenvalue weighted by molar-refractivity contribution is 6.31. The molecule has 1 aliphatic rings. The van der Waals surface area contributed by atoms with Crippen LogP contribution in [0.15, 0.2) is 46.4 Å². The molecule has 1 aromatic carbocycles. The number of hydrogen-bond donors (Lipinski definition) is 1. The number of carbonyl (C=O) groups excluding carboxylic acids is 2. The van der Waals surface area contributed by atoms with E-state index in [2.05, 4.69) is 5.43 Å². The summed E-state index contributed by atoms with van der Waals surface area (Å²) >= 11 is 0. The summed E-state index contributed by atoms with van der Waals surface area (Å²) < 4.78 is 43.2. The van der Waals surface area contributed by atoms with Crippen molar-refractivity contribution in [2.45, 2.75) is 6.18 Å². The molecule has 2 amide bonds. The van der Waals surface area contributed by atoms with Gasteiger partial charge in [0.15, 0.2) is 0 Å². The van der Waals surface area contributed by atoms with E-state index in [1.54, 1.807) is 0 Å². The van der Waals surface area contributed by atoms with Crippen LogP contribution in [0.5, 0.6) is 0 Å². The van der Waals surface area contributed by atoms with Crippen molar-refractivity contribution in [2.24, 2.45) is 0 Å². The first-order chi connectivity index (χ1) is 12.2. The summed E-state index contributed by atoms with van der Waals surface area (Å²) in [7, 11) is 0. The van der Waals surface area contributed by atoms with Gasteiger partial charge in [-0.15, -0.1) is 0 Å². The minimum atomic E-state index is -4.62.